The molecule has 0 spiro atoms. The number of anilines is 2. The summed E-state index contributed by atoms with van der Waals surface area (Å²) >= 11 is 0. The average Bonchev–Trinajstić information content (AvgIpc) is 2.92. The van der Waals surface area contributed by atoms with Gasteiger partial charge in [-0.05, 0) is 49.2 Å². The van der Waals surface area contributed by atoms with E-state index in [2.05, 4.69) is 20.6 Å². The lowest BCUT2D eigenvalue weighted by Gasteiger charge is -2.20. The third-order valence-corrected chi connectivity index (χ3v) is 6.03. The van der Waals surface area contributed by atoms with Gasteiger partial charge in [0.25, 0.3) is 0 Å². The van der Waals surface area contributed by atoms with Gasteiger partial charge < -0.3 is 24.6 Å². The summed E-state index contributed by atoms with van der Waals surface area (Å²) in [5.41, 5.74) is 0.362. The fourth-order valence-electron chi connectivity index (χ4n) is 4.02. The van der Waals surface area contributed by atoms with Crippen LogP contribution in [0.2, 0.25) is 0 Å². The van der Waals surface area contributed by atoms with Crippen LogP contribution in [0.15, 0.2) is 60.7 Å². The molecule has 0 aliphatic heterocycles. The number of nitrogens with one attached hydrogen (secondary N) is 2. The van der Waals surface area contributed by atoms with Crippen LogP contribution in [0.5, 0.6) is 11.5 Å². The second-order valence-electron chi connectivity index (χ2n) is 9.19. The molecular weight excluding hydrogens is 541 g/mol. The monoisotopic (exact) mass is 570 g/mol. The number of alkyl halides is 3. The highest BCUT2D eigenvalue weighted by Crippen LogP contribution is 2.37. The van der Waals surface area contributed by atoms with Crippen molar-refractivity contribution in [2.45, 2.75) is 32.7 Å². The number of aryl methyl sites for hydroxylation is 1. The maximum absolute atomic E-state index is 13.8. The van der Waals surface area contributed by atoms with Crippen molar-refractivity contribution in [3.8, 4) is 11.5 Å². The van der Waals surface area contributed by atoms with E-state index >= 15 is 0 Å². The van der Waals surface area contributed by atoms with Gasteiger partial charge >= 0.3 is 12.3 Å². The highest BCUT2D eigenvalue weighted by molar-refractivity contribution is 5.92. The van der Waals surface area contributed by atoms with Crippen LogP contribution in [0.1, 0.15) is 35.5 Å². The van der Waals surface area contributed by atoms with Crippen LogP contribution in [0.25, 0.3) is 10.9 Å². The molecule has 0 saturated heterocycles. The van der Waals surface area contributed by atoms with Crippen molar-refractivity contribution >= 4 is 28.5 Å². The summed E-state index contributed by atoms with van der Waals surface area (Å²) in [6, 6.07) is 14.5. The van der Waals surface area contributed by atoms with E-state index in [4.69, 9.17) is 14.2 Å². The van der Waals surface area contributed by atoms with Crippen molar-refractivity contribution in [3.63, 3.8) is 0 Å². The summed E-state index contributed by atoms with van der Waals surface area (Å²) in [7, 11) is 1.52. The summed E-state index contributed by atoms with van der Waals surface area (Å²) in [5, 5.41) is 16.4. The van der Waals surface area contributed by atoms with Crippen LogP contribution in [-0.4, -0.2) is 41.5 Å². The van der Waals surface area contributed by atoms with Crippen LogP contribution in [-0.2, 0) is 22.3 Å². The molecule has 9 nitrogen and oxygen atoms in total. The second-order valence-corrected chi connectivity index (χ2v) is 9.19. The lowest BCUT2D eigenvalue weighted by Crippen LogP contribution is -2.16. The smallest absolute Gasteiger partial charge is 0.416 e. The highest BCUT2D eigenvalue weighted by Gasteiger charge is 2.32. The fourth-order valence-corrected chi connectivity index (χ4v) is 4.02. The zero-order valence-corrected chi connectivity index (χ0v) is 22.6. The Morgan fingerprint density at radius 1 is 1.05 bits per heavy atom. The topological polar surface area (TPSA) is 115 Å². The molecule has 216 valence electrons. The first-order chi connectivity index (χ1) is 19.5. The minimum absolute atomic E-state index is 0.0384. The minimum Gasteiger partial charge on any atom is -0.504 e. The Labute approximate surface area is 234 Å². The number of hydrogen-bond acceptors (Lipinski definition) is 8. The molecule has 0 radical (unpaired) electrons. The number of aromatic hydroxyl groups is 1. The van der Waals surface area contributed by atoms with Gasteiger partial charge in [0.2, 0.25) is 0 Å². The Hall–Kier alpha value is -4.58. The van der Waals surface area contributed by atoms with E-state index in [1.54, 1.807) is 44.2 Å². The third-order valence-electron chi connectivity index (χ3n) is 6.03. The number of carbonyl (C=O) groups is 1. The number of hydrogen-bond donors (Lipinski definition) is 3. The molecule has 12 heteroatoms. The standard InChI is InChI=1S/C29H29F3N4O5/c1-17(33-27-23-14-26(40-10-9-39-3)25(37)15-24(23)34-18(2)35-27)20-11-21(29(30,31)32)13-22(12-20)36-28(38)41-16-19-7-5-4-6-8-19/h4-8,11-15,17,37H,9-10,16H2,1-3H3,(H,36,38)(H,33,34,35)/t17-/m1/s1. The first-order valence-corrected chi connectivity index (χ1v) is 12.6. The summed E-state index contributed by atoms with van der Waals surface area (Å²) in [6.07, 6.45) is -5.55. The van der Waals surface area contributed by atoms with E-state index < -0.39 is 23.9 Å². The Morgan fingerprint density at radius 2 is 1.80 bits per heavy atom. The maximum Gasteiger partial charge on any atom is 0.416 e. The number of benzene rings is 3. The van der Waals surface area contributed by atoms with Crippen LogP contribution in [0.3, 0.4) is 0 Å². The number of ether oxygens (including phenoxy) is 3. The van der Waals surface area contributed by atoms with Gasteiger partial charge in [0.05, 0.1) is 23.7 Å². The SMILES string of the molecule is COCCOc1cc2c(N[C@H](C)c3cc(NC(=O)OCc4ccccc4)cc(C(F)(F)F)c3)nc(C)nc2cc1O. The summed E-state index contributed by atoms with van der Waals surface area (Å²) in [6.45, 7) is 3.77. The molecule has 41 heavy (non-hydrogen) atoms. The molecule has 3 N–H and O–H groups in total. The first-order valence-electron chi connectivity index (χ1n) is 12.6. The largest absolute Gasteiger partial charge is 0.504 e. The molecule has 1 amide bonds. The minimum atomic E-state index is -4.66. The lowest BCUT2D eigenvalue weighted by atomic mass is 10.0. The molecule has 1 heterocycles. The van der Waals surface area contributed by atoms with Gasteiger partial charge in [-0.2, -0.15) is 13.2 Å². The molecular formula is C29H29F3N4O5. The zero-order valence-electron chi connectivity index (χ0n) is 22.6. The quantitative estimate of drug-likeness (QED) is 0.183. The Morgan fingerprint density at radius 3 is 2.51 bits per heavy atom. The van der Waals surface area contributed by atoms with E-state index in [1.807, 2.05) is 6.07 Å². The van der Waals surface area contributed by atoms with Crippen molar-refractivity contribution in [1.82, 2.24) is 9.97 Å². The highest BCUT2D eigenvalue weighted by atomic mass is 19.4. The number of halogens is 3. The van der Waals surface area contributed by atoms with Crippen molar-refractivity contribution in [2.24, 2.45) is 0 Å². The van der Waals surface area contributed by atoms with Crippen molar-refractivity contribution < 1.29 is 37.3 Å². The predicted molar refractivity (Wildman–Crippen MR) is 147 cm³/mol. The number of amides is 1. The van der Waals surface area contributed by atoms with Crippen LogP contribution in [0, 0.1) is 6.92 Å². The lowest BCUT2D eigenvalue weighted by molar-refractivity contribution is -0.137. The number of methoxy groups -OCH3 is 1. The van der Waals surface area contributed by atoms with Crippen LogP contribution in [0.4, 0.5) is 29.5 Å². The van der Waals surface area contributed by atoms with Crippen molar-refractivity contribution in [3.05, 3.63) is 83.2 Å². The predicted octanol–water partition coefficient (Wildman–Crippen LogP) is 6.61. The molecule has 0 saturated carbocycles. The number of nitrogens with zero attached hydrogens (tertiary/aromatic N) is 2. The molecule has 4 aromatic rings. The van der Waals surface area contributed by atoms with Gasteiger partial charge in [-0.15, -0.1) is 0 Å². The molecule has 0 aliphatic carbocycles. The van der Waals surface area contributed by atoms with Crippen LogP contribution < -0.4 is 15.4 Å². The molecule has 1 atom stereocenters. The van der Waals surface area contributed by atoms with E-state index in [0.29, 0.717) is 29.2 Å². The average molecular weight is 571 g/mol. The molecule has 1 aromatic heterocycles. The Balaban J connectivity index is 1.60. The Bertz CT molecular complexity index is 1520. The molecule has 0 fully saturated rings. The zero-order chi connectivity index (χ0) is 29.6. The van der Waals surface area contributed by atoms with Gasteiger partial charge in [0, 0.05) is 24.2 Å². The van der Waals surface area contributed by atoms with E-state index in [1.165, 1.54) is 19.2 Å². The maximum atomic E-state index is 13.8. The van der Waals surface area contributed by atoms with E-state index in [9.17, 15) is 23.1 Å². The van der Waals surface area contributed by atoms with Gasteiger partial charge in [-0.25, -0.2) is 14.8 Å². The van der Waals surface area contributed by atoms with E-state index in [0.717, 1.165) is 17.7 Å². The normalized spacial score (nSPS) is 12.1. The number of phenols is 1. The molecule has 0 unspecified atom stereocenters. The second kappa shape index (κ2) is 12.7. The molecule has 4 rings (SSSR count). The van der Waals surface area contributed by atoms with Gasteiger partial charge in [-0.3, -0.25) is 5.32 Å². The van der Waals surface area contributed by atoms with Crippen molar-refractivity contribution in [1.29, 1.82) is 0 Å². The van der Waals surface area contributed by atoms with Crippen molar-refractivity contribution in [2.75, 3.05) is 31.0 Å². The van der Waals surface area contributed by atoms with Gasteiger partial charge in [-0.1, -0.05) is 30.3 Å². The van der Waals surface area contributed by atoms with E-state index in [-0.39, 0.29) is 36.0 Å². The summed E-state index contributed by atoms with van der Waals surface area (Å²) < 4.78 is 57.1. The fraction of sp³-hybridized carbons (Fsp3) is 0.276. The summed E-state index contributed by atoms with van der Waals surface area (Å²) in [5.74, 6) is 0.758. The molecule has 3 aromatic carbocycles. The molecule has 0 aliphatic rings. The number of phenolic OH excluding ortho intramolecular Hbond substituents is 1. The third kappa shape index (κ3) is 7.76. The number of rotatable bonds is 10. The molecule has 0 bridgehead atoms. The summed E-state index contributed by atoms with van der Waals surface area (Å²) in [4.78, 5) is 21.1. The number of carbonyl (C=O) groups excluding carboxylic acids is 1. The van der Waals surface area contributed by atoms with Crippen LogP contribution >= 0.6 is 0 Å². The number of aromatic nitrogens is 2. The van der Waals surface area contributed by atoms with Gasteiger partial charge in [0.1, 0.15) is 24.9 Å². The first kappa shape index (κ1) is 29.4. The number of fused-ring (bicyclic) bond motifs is 1. The van der Waals surface area contributed by atoms with Gasteiger partial charge in [0.15, 0.2) is 11.5 Å². The Kier molecular flexibility index (Phi) is 9.13.